The van der Waals surface area contributed by atoms with Gasteiger partial charge in [-0.3, -0.25) is 4.79 Å². The zero-order valence-electron chi connectivity index (χ0n) is 12.8. The molecule has 0 saturated carbocycles. The van der Waals surface area contributed by atoms with Gasteiger partial charge in [0.1, 0.15) is 5.69 Å². The SMILES string of the molecule is Cl.Cl.O=C(c1ccc2ccccc2n1)N1CCC2NCCC2C1. The van der Waals surface area contributed by atoms with E-state index in [0.717, 1.165) is 37.0 Å². The summed E-state index contributed by atoms with van der Waals surface area (Å²) >= 11 is 0. The number of piperidine rings is 1. The lowest BCUT2D eigenvalue weighted by Crippen LogP contribution is -2.47. The number of nitrogens with one attached hydrogen (secondary N) is 1. The van der Waals surface area contributed by atoms with Crippen molar-refractivity contribution in [3.63, 3.8) is 0 Å². The fourth-order valence-corrected chi connectivity index (χ4v) is 3.58. The van der Waals surface area contributed by atoms with Crippen molar-refractivity contribution >= 4 is 41.6 Å². The molecule has 6 heteroatoms. The van der Waals surface area contributed by atoms with Gasteiger partial charge in [0.15, 0.2) is 0 Å². The van der Waals surface area contributed by atoms with Crippen molar-refractivity contribution in [1.82, 2.24) is 15.2 Å². The van der Waals surface area contributed by atoms with Crippen molar-refractivity contribution in [3.8, 4) is 0 Å². The first kappa shape index (κ1) is 18.0. The minimum absolute atomic E-state index is 0. The maximum atomic E-state index is 12.7. The van der Waals surface area contributed by atoms with Crippen LogP contribution in [-0.4, -0.2) is 41.5 Å². The van der Waals surface area contributed by atoms with E-state index < -0.39 is 0 Å². The van der Waals surface area contributed by atoms with Gasteiger partial charge in [0.25, 0.3) is 5.91 Å². The van der Waals surface area contributed by atoms with Gasteiger partial charge in [-0.2, -0.15) is 0 Å². The van der Waals surface area contributed by atoms with E-state index in [1.54, 1.807) is 0 Å². The number of hydrogen-bond donors (Lipinski definition) is 1. The van der Waals surface area contributed by atoms with Crippen LogP contribution in [0.15, 0.2) is 36.4 Å². The average molecular weight is 354 g/mol. The Labute approximate surface area is 148 Å². The lowest BCUT2D eigenvalue weighted by Gasteiger charge is -2.34. The first-order chi connectivity index (χ1) is 10.3. The maximum absolute atomic E-state index is 12.7. The quantitative estimate of drug-likeness (QED) is 0.857. The Balaban J connectivity index is 0.000000960. The number of rotatable bonds is 1. The highest BCUT2D eigenvalue weighted by atomic mass is 35.5. The fourth-order valence-electron chi connectivity index (χ4n) is 3.58. The van der Waals surface area contributed by atoms with Gasteiger partial charge < -0.3 is 10.2 Å². The summed E-state index contributed by atoms with van der Waals surface area (Å²) in [6.45, 7) is 2.79. The van der Waals surface area contributed by atoms with Crippen LogP contribution in [0.3, 0.4) is 0 Å². The molecule has 0 aliphatic carbocycles. The number of pyridine rings is 1. The van der Waals surface area contributed by atoms with Crippen LogP contribution in [0.1, 0.15) is 23.3 Å². The largest absolute Gasteiger partial charge is 0.337 e. The molecule has 124 valence electrons. The van der Waals surface area contributed by atoms with Crippen molar-refractivity contribution in [1.29, 1.82) is 0 Å². The van der Waals surface area contributed by atoms with Gasteiger partial charge in [0, 0.05) is 24.5 Å². The number of fused-ring (bicyclic) bond motifs is 2. The zero-order chi connectivity index (χ0) is 14.2. The Kier molecular flexibility index (Phi) is 5.84. The second kappa shape index (κ2) is 7.47. The van der Waals surface area contributed by atoms with Crippen LogP contribution in [0.25, 0.3) is 10.9 Å². The summed E-state index contributed by atoms with van der Waals surface area (Å²) in [5, 5.41) is 4.60. The molecule has 0 bridgehead atoms. The lowest BCUT2D eigenvalue weighted by molar-refractivity contribution is 0.0656. The number of benzene rings is 1. The topological polar surface area (TPSA) is 45.2 Å². The monoisotopic (exact) mass is 353 g/mol. The molecule has 2 unspecified atom stereocenters. The van der Waals surface area contributed by atoms with Crippen LogP contribution in [-0.2, 0) is 0 Å². The number of carbonyl (C=O) groups is 1. The molecule has 0 radical (unpaired) electrons. The fraction of sp³-hybridized carbons (Fsp3) is 0.412. The molecule has 3 heterocycles. The van der Waals surface area contributed by atoms with E-state index >= 15 is 0 Å². The van der Waals surface area contributed by atoms with E-state index in [4.69, 9.17) is 0 Å². The molecule has 2 saturated heterocycles. The third-order valence-corrected chi connectivity index (χ3v) is 4.76. The summed E-state index contributed by atoms with van der Waals surface area (Å²) in [7, 11) is 0. The van der Waals surface area contributed by atoms with Crippen molar-refractivity contribution in [2.24, 2.45) is 5.92 Å². The van der Waals surface area contributed by atoms with Crippen molar-refractivity contribution in [2.45, 2.75) is 18.9 Å². The second-order valence-corrected chi connectivity index (χ2v) is 6.04. The van der Waals surface area contributed by atoms with E-state index in [2.05, 4.69) is 10.3 Å². The Morgan fingerprint density at radius 1 is 1.13 bits per heavy atom. The number of hydrogen-bond acceptors (Lipinski definition) is 3. The Morgan fingerprint density at radius 2 is 1.96 bits per heavy atom. The van der Waals surface area contributed by atoms with E-state index in [1.807, 2.05) is 41.3 Å². The molecular formula is C17H21Cl2N3O. The molecule has 2 fully saturated rings. The van der Waals surface area contributed by atoms with Crippen LogP contribution >= 0.6 is 24.8 Å². The molecule has 0 spiro atoms. The first-order valence-electron chi connectivity index (χ1n) is 7.70. The van der Waals surface area contributed by atoms with Crippen LogP contribution in [0.2, 0.25) is 0 Å². The third kappa shape index (κ3) is 3.44. The smallest absolute Gasteiger partial charge is 0.272 e. The van der Waals surface area contributed by atoms with Gasteiger partial charge in [0.2, 0.25) is 0 Å². The standard InChI is InChI=1S/C17H19N3O.2ClH/c21-17(20-10-8-14-13(11-20)7-9-18-14)16-6-5-12-3-1-2-4-15(12)19-16;;/h1-6,13-14,18H,7-11H2;2*1H. The summed E-state index contributed by atoms with van der Waals surface area (Å²) in [6.07, 6.45) is 2.24. The maximum Gasteiger partial charge on any atom is 0.272 e. The molecule has 23 heavy (non-hydrogen) atoms. The second-order valence-electron chi connectivity index (χ2n) is 6.04. The lowest BCUT2D eigenvalue weighted by atomic mass is 9.93. The summed E-state index contributed by atoms with van der Waals surface area (Å²) in [5.41, 5.74) is 1.46. The Hall–Kier alpha value is -1.36. The number of halogens is 2. The van der Waals surface area contributed by atoms with Gasteiger partial charge >= 0.3 is 0 Å². The van der Waals surface area contributed by atoms with Crippen LogP contribution in [0.4, 0.5) is 0 Å². The van der Waals surface area contributed by atoms with Crippen LogP contribution < -0.4 is 5.32 Å². The molecule has 2 aliphatic heterocycles. The molecule has 1 aromatic heterocycles. The minimum Gasteiger partial charge on any atom is -0.337 e. The summed E-state index contributed by atoms with van der Waals surface area (Å²) < 4.78 is 0. The summed E-state index contributed by atoms with van der Waals surface area (Å²) in [6, 6.07) is 12.4. The van der Waals surface area contributed by atoms with Crippen molar-refractivity contribution in [2.75, 3.05) is 19.6 Å². The molecule has 4 rings (SSSR count). The molecule has 1 N–H and O–H groups in total. The normalized spacial score (nSPS) is 22.9. The number of likely N-dealkylation sites (tertiary alicyclic amines) is 1. The van der Waals surface area contributed by atoms with E-state index in [1.165, 1.54) is 6.42 Å². The number of para-hydroxylation sites is 1. The van der Waals surface area contributed by atoms with Gasteiger partial charge in [-0.15, -0.1) is 24.8 Å². The Bertz CT molecular complexity index is 694. The van der Waals surface area contributed by atoms with E-state index in [9.17, 15) is 4.79 Å². The van der Waals surface area contributed by atoms with Crippen LogP contribution in [0.5, 0.6) is 0 Å². The number of nitrogens with zero attached hydrogens (tertiary/aromatic N) is 2. The number of amides is 1. The predicted octanol–water partition coefficient (Wildman–Crippen LogP) is 2.90. The molecule has 2 atom stereocenters. The van der Waals surface area contributed by atoms with Crippen molar-refractivity contribution in [3.05, 3.63) is 42.1 Å². The number of carbonyl (C=O) groups excluding carboxylic acids is 1. The van der Waals surface area contributed by atoms with Gasteiger partial charge in [0.05, 0.1) is 5.52 Å². The molecule has 2 aromatic rings. The van der Waals surface area contributed by atoms with Gasteiger partial charge in [-0.05, 0) is 37.4 Å². The molecule has 1 amide bonds. The minimum atomic E-state index is 0. The summed E-state index contributed by atoms with van der Waals surface area (Å²) in [4.78, 5) is 19.2. The van der Waals surface area contributed by atoms with Crippen molar-refractivity contribution < 1.29 is 4.79 Å². The van der Waals surface area contributed by atoms with Gasteiger partial charge in [-0.1, -0.05) is 24.3 Å². The zero-order valence-corrected chi connectivity index (χ0v) is 14.4. The highest BCUT2D eigenvalue weighted by molar-refractivity contribution is 5.95. The summed E-state index contributed by atoms with van der Waals surface area (Å²) in [5.74, 6) is 0.689. The molecule has 2 aliphatic rings. The van der Waals surface area contributed by atoms with E-state index in [-0.39, 0.29) is 30.7 Å². The average Bonchev–Trinajstić information content (AvgIpc) is 3.01. The highest BCUT2D eigenvalue weighted by Gasteiger charge is 2.34. The van der Waals surface area contributed by atoms with E-state index in [0.29, 0.717) is 17.7 Å². The molecule has 1 aromatic carbocycles. The van der Waals surface area contributed by atoms with Crippen LogP contribution in [0, 0.1) is 5.92 Å². The molecule has 4 nitrogen and oxygen atoms in total. The Morgan fingerprint density at radius 3 is 2.83 bits per heavy atom. The third-order valence-electron chi connectivity index (χ3n) is 4.76. The van der Waals surface area contributed by atoms with Gasteiger partial charge in [-0.25, -0.2) is 4.98 Å². The number of aromatic nitrogens is 1. The first-order valence-corrected chi connectivity index (χ1v) is 7.70. The predicted molar refractivity (Wildman–Crippen MR) is 96.7 cm³/mol. The highest BCUT2D eigenvalue weighted by Crippen LogP contribution is 2.25. The molecular weight excluding hydrogens is 333 g/mol.